The van der Waals surface area contributed by atoms with Gasteiger partial charge in [-0.25, -0.2) is 4.79 Å². The number of aliphatic carboxylic acids is 1. The molecule has 0 saturated carbocycles. The van der Waals surface area contributed by atoms with Gasteiger partial charge in [0.25, 0.3) is 0 Å². The van der Waals surface area contributed by atoms with Crippen LogP contribution in [0.3, 0.4) is 0 Å². The first-order valence-electron chi connectivity index (χ1n) is 6.04. The molecular formula is C12H23NO4. The minimum Gasteiger partial charge on any atom is -0.480 e. The van der Waals surface area contributed by atoms with Crippen LogP contribution in [0.25, 0.3) is 0 Å². The summed E-state index contributed by atoms with van der Waals surface area (Å²) in [6.45, 7) is 4.36. The highest BCUT2D eigenvalue weighted by Crippen LogP contribution is 2.08. The number of carbonyl (C=O) groups is 2. The normalized spacial score (nSPS) is 14.1. The van der Waals surface area contributed by atoms with Gasteiger partial charge in [-0.15, -0.1) is 0 Å². The average Bonchev–Trinajstić information content (AvgIpc) is 2.30. The molecule has 0 aromatic rings. The predicted molar refractivity (Wildman–Crippen MR) is 64.7 cm³/mol. The molecule has 0 rings (SSSR count). The number of methoxy groups -OCH3 is 1. The van der Waals surface area contributed by atoms with Crippen LogP contribution in [-0.2, 0) is 14.3 Å². The third-order valence-electron chi connectivity index (χ3n) is 2.80. The Morgan fingerprint density at radius 1 is 1.35 bits per heavy atom. The fourth-order valence-corrected chi connectivity index (χ4v) is 1.46. The van der Waals surface area contributed by atoms with Crippen molar-refractivity contribution in [1.29, 1.82) is 0 Å². The Kier molecular flexibility index (Phi) is 8.40. The van der Waals surface area contributed by atoms with E-state index >= 15 is 0 Å². The summed E-state index contributed by atoms with van der Waals surface area (Å²) in [7, 11) is 1.61. The van der Waals surface area contributed by atoms with E-state index < -0.39 is 12.0 Å². The molecule has 2 N–H and O–H groups in total. The number of carboxylic acids is 1. The maximum Gasteiger partial charge on any atom is 0.326 e. The van der Waals surface area contributed by atoms with Crippen LogP contribution in [0.1, 0.15) is 39.5 Å². The Labute approximate surface area is 103 Å². The molecular weight excluding hydrogens is 222 g/mol. The number of carboxylic acid groups (broad SMARTS) is 1. The molecule has 2 unspecified atom stereocenters. The van der Waals surface area contributed by atoms with Crippen LogP contribution in [-0.4, -0.2) is 36.7 Å². The quantitative estimate of drug-likeness (QED) is 0.602. The van der Waals surface area contributed by atoms with Gasteiger partial charge in [0.15, 0.2) is 0 Å². The van der Waals surface area contributed by atoms with Crippen molar-refractivity contribution in [3.8, 4) is 0 Å². The van der Waals surface area contributed by atoms with Crippen molar-refractivity contribution in [2.45, 2.75) is 45.6 Å². The van der Waals surface area contributed by atoms with Crippen molar-refractivity contribution in [1.82, 2.24) is 5.32 Å². The molecule has 0 heterocycles. The lowest BCUT2D eigenvalue weighted by Crippen LogP contribution is -2.44. The summed E-state index contributed by atoms with van der Waals surface area (Å²) in [5.74, 6) is -1.23. The average molecular weight is 245 g/mol. The molecule has 0 aromatic heterocycles. The number of carbonyl (C=O) groups excluding carboxylic acids is 1. The monoisotopic (exact) mass is 245 g/mol. The van der Waals surface area contributed by atoms with E-state index in [-0.39, 0.29) is 11.8 Å². The maximum absolute atomic E-state index is 11.5. The molecule has 0 aromatic carbocycles. The molecule has 0 aliphatic heterocycles. The molecule has 0 bridgehead atoms. The largest absolute Gasteiger partial charge is 0.480 e. The molecule has 0 aliphatic carbocycles. The van der Waals surface area contributed by atoms with Crippen LogP contribution in [0.4, 0.5) is 0 Å². The lowest BCUT2D eigenvalue weighted by Gasteiger charge is -2.20. The minimum absolute atomic E-state index is 0.0598. The lowest BCUT2D eigenvalue weighted by molar-refractivity contribution is -0.143. The molecule has 0 fully saturated rings. The molecule has 5 nitrogen and oxygen atoms in total. The Morgan fingerprint density at radius 2 is 2.00 bits per heavy atom. The lowest BCUT2D eigenvalue weighted by atomic mass is 9.99. The molecule has 0 radical (unpaired) electrons. The van der Waals surface area contributed by atoms with E-state index in [0.29, 0.717) is 19.4 Å². The van der Waals surface area contributed by atoms with Gasteiger partial charge in [0.1, 0.15) is 6.04 Å². The molecule has 100 valence electrons. The summed E-state index contributed by atoms with van der Waals surface area (Å²) in [6.07, 6.45) is 2.60. The first-order valence-corrected chi connectivity index (χ1v) is 6.04. The SMILES string of the molecule is CCC(C)C(NC(=O)CCCCOC)C(=O)O. The number of unbranched alkanes of at least 4 members (excludes halogenated alkanes) is 1. The van der Waals surface area contributed by atoms with Crippen molar-refractivity contribution in [2.24, 2.45) is 5.92 Å². The fourth-order valence-electron chi connectivity index (χ4n) is 1.46. The third kappa shape index (κ3) is 6.94. The summed E-state index contributed by atoms with van der Waals surface area (Å²) < 4.78 is 4.87. The zero-order valence-electron chi connectivity index (χ0n) is 10.9. The molecule has 1 amide bonds. The maximum atomic E-state index is 11.5. The van der Waals surface area contributed by atoms with Crippen molar-refractivity contribution in [3.05, 3.63) is 0 Å². The Bertz CT molecular complexity index is 243. The summed E-state index contributed by atoms with van der Waals surface area (Å²) in [5, 5.41) is 11.6. The van der Waals surface area contributed by atoms with Gasteiger partial charge >= 0.3 is 5.97 Å². The zero-order chi connectivity index (χ0) is 13.3. The Hall–Kier alpha value is -1.10. The molecule has 17 heavy (non-hydrogen) atoms. The first kappa shape index (κ1) is 15.9. The smallest absolute Gasteiger partial charge is 0.326 e. The van der Waals surface area contributed by atoms with Crippen LogP contribution >= 0.6 is 0 Å². The van der Waals surface area contributed by atoms with E-state index in [1.54, 1.807) is 7.11 Å². The molecule has 0 aliphatic rings. The summed E-state index contributed by atoms with van der Waals surface area (Å²) in [6, 6.07) is -0.782. The topological polar surface area (TPSA) is 75.6 Å². The minimum atomic E-state index is -0.968. The molecule has 0 saturated heterocycles. The van der Waals surface area contributed by atoms with Crippen LogP contribution in [0.5, 0.6) is 0 Å². The summed E-state index contributed by atoms with van der Waals surface area (Å²) >= 11 is 0. The first-order chi connectivity index (χ1) is 8.02. The van der Waals surface area contributed by atoms with Gasteiger partial charge in [-0.2, -0.15) is 0 Å². The molecule has 2 atom stereocenters. The Balaban J connectivity index is 4.00. The van der Waals surface area contributed by atoms with Crippen LogP contribution in [0.15, 0.2) is 0 Å². The van der Waals surface area contributed by atoms with E-state index in [4.69, 9.17) is 9.84 Å². The van der Waals surface area contributed by atoms with Crippen LogP contribution in [0, 0.1) is 5.92 Å². The molecule has 5 heteroatoms. The van der Waals surface area contributed by atoms with Gasteiger partial charge in [0, 0.05) is 20.1 Å². The number of nitrogens with one attached hydrogen (secondary N) is 1. The number of hydrogen-bond acceptors (Lipinski definition) is 3. The predicted octanol–water partition coefficient (Wildman–Crippen LogP) is 1.42. The number of ether oxygens (including phenoxy) is 1. The van der Waals surface area contributed by atoms with E-state index in [9.17, 15) is 9.59 Å². The number of amides is 1. The van der Waals surface area contributed by atoms with E-state index in [0.717, 1.165) is 12.8 Å². The van der Waals surface area contributed by atoms with Gasteiger partial charge < -0.3 is 15.2 Å². The van der Waals surface area contributed by atoms with Crippen molar-refractivity contribution in [3.63, 3.8) is 0 Å². The van der Waals surface area contributed by atoms with Crippen molar-refractivity contribution < 1.29 is 19.4 Å². The van der Waals surface area contributed by atoms with Crippen LogP contribution in [0.2, 0.25) is 0 Å². The van der Waals surface area contributed by atoms with Crippen molar-refractivity contribution >= 4 is 11.9 Å². The van der Waals surface area contributed by atoms with Gasteiger partial charge in [-0.1, -0.05) is 20.3 Å². The van der Waals surface area contributed by atoms with Crippen molar-refractivity contribution in [2.75, 3.05) is 13.7 Å². The zero-order valence-corrected chi connectivity index (χ0v) is 10.9. The van der Waals surface area contributed by atoms with Gasteiger partial charge in [-0.05, 0) is 18.8 Å². The van der Waals surface area contributed by atoms with Gasteiger partial charge in [0.2, 0.25) is 5.91 Å². The molecule has 0 spiro atoms. The third-order valence-corrected chi connectivity index (χ3v) is 2.80. The standard InChI is InChI=1S/C12H23NO4/c1-4-9(2)11(12(15)16)13-10(14)7-5-6-8-17-3/h9,11H,4-8H2,1-3H3,(H,13,14)(H,15,16). The van der Waals surface area contributed by atoms with Crippen LogP contribution < -0.4 is 5.32 Å². The van der Waals surface area contributed by atoms with Gasteiger partial charge in [-0.3, -0.25) is 4.79 Å². The van der Waals surface area contributed by atoms with E-state index in [1.807, 2.05) is 13.8 Å². The second kappa shape index (κ2) is 8.98. The van der Waals surface area contributed by atoms with E-state index in [1.165, 1.54) is 0 Å². The second-order valence-corrected chi connectivity index (χ2v) is 4.22. The highest BCUT2D eigenvalue weighted by molar-refractivity contribution is 5.83. The highest BCUT2D eigenvalue weighted by Gasteiger charge is 2.24. The second-order valence-electron chi connectivity index (χ2n) is 4.22. The fraction of sp³-hybridized carbons (Fsp3) is 0.833. The van der Waals surface area contributed by atoms with Gasteiger partial charge in [0.05, 0.1) is 0 Å². The Morgan fingerprint density at radius 3 is 2.47 bits per heavy atom. The highest BCUT2D eigenvalue weighted by atomic mass is 16.5. The van der Waals surface area contributed by atoms with E-state index in [2.05, 4.69) is 5.32 Å². The number of rotatable bonds is 9. The number of hydrogen-bond donors (Lipinski definition) is 2. The summed E-state index contributed by atoms with van der Waals surface area (Å²) in [4.78, 5) is 22.5. The summed E-state index contributed by atoms with van der Waals surface area (Å²) in [5.41, 5.74) is 0.